The van der Waals surface area contributed by atoms with Crippen molar-refractivity contribution in [3.63, 3.8) is 0 Å². The lowest BCUT2D eigenvalue weighted by Gasteiger charge is -2.34. The van der Waals surface area contributed by atoms with Gasteiger partial charge in [0.15, 0.2) is 0 Å². The van der Waals surface area contributed by atoms with Gasteiger partial charge in [-0.05, 0) is 36.9 Å². The van der Waals surface area contributed by atoms with E-state index in [9.17, 15) is 0 Å². The Morgan fingerprint density at radius 2 is 2.36 bits per heavy atom. The van der Waals surface area contributed by atoms with Gasteiger partial charge in [-0.15, -0.1) is 0 Å². The number of rotatable bonds is 1. The van der Waals surface area contributed by atoms with Crippen molar-refractivity contribution in [2.45, 2.75) is 45.6 Å². The highest BCUT2D eigenvalue weighted by molar-refractivity contribution is 7.71. The van der Waals surface area contributed by atoms with Crippen molar-refractivity contribution in [1.29, 1.82) is 0 Å². The number of nitrogens with one attached hydrogen (secondary N) is 1. The van der Waals surface area contributed by atoms with E-state index in [0.29, 0.717) is 16.2 Å². The molecule has 2 rings (SSSR count). The van der Waals surface area contributed by atoms with E-state index < -0.39 is 0 Å². The second-order valence-electron chi connectivity index (χ2n) is 4.87. The lowest BCUT2D eigenvalue weighted by molar-refractivity contribution is 0.172. The average molecular weight is 212 g/mol. The predicted octanol–water partition coefficient (Wildman–Crippen LogP) is 2.48. The number of H-pyrrole nitrogens is 1. The minimum Gasteiger partial charge on any atom is -0.239 e. The summed E-state index contributed by atoms with van der Waals surface area (Å²) in [5, 5.41) is 10.4. The zero-order valence-corrected chi connectivity index (χ0v) is 9.47. The number of nitrogens with zero attached hydrogens (tertiary/aromatic N) is 3. The summed E-state index contributed by atoms with van der Waals surface area (Å²) in [6, 6.07) is 0.459. The molecule has 1 N–H and O–H groups in total. The summed E-state index contributed by atoms with van der Waals surface area (Å²) in [6.07, 6.45) is 4.91. The molecule has 1 unspecified atom stereocenters. The van der Waals surface area contributed by atoms with Crippen molar-refractivity contribution in [3.8, 4) is 0 Å². The molecule has 5 heteroatoms. The van der Waals surface area contributed by atoms with Crippen LogP contribution in [0.2, 0.25) is 0 Å². The van der Waals surface area contributed by atoms with Crippen molar-refractivity contribution in [3.05, 3.63) is 4.77 Å². The smallest absolute Gasteiger partial charge is 0.238 e. The summed E-state index contributed by atoms with van der Waals surface area (Å²) in [5.74, 6) is 0. The maximum absolute atomic E-state index is 5.10. The second-order valence-corrected chi connectivity index (χ2v) is 5.23. The normalized spacial score (nSPS) is 26.3. The molecule has 1 aliphatic rings. The molecule has 78 valence electrons. The fraction of sp³-hybridized carbons (Fsp3) is 0.889. The molecule has 1 aromatic heterocycles. The number of aromatic nitrogens is 4. The molecule has 0 spiro atoms. The van der Waals surface area contributed by atoms with Gasteiger partial charge in [0, 0.05) is 0 Å². The quantitative estimate of drug-likeness (QED) is 0.727. The molecule has 1 heterocycles. The molecule has 14 heavy (non-hydrogen) atoms. The summed E-state index contributed by atoms with van der Waals surface area (Å²) in [4.78, 5) is 0. The molecule has 0 radical (unpaired) electrons. The monoisotopic (exact) mass is 212 g/mol. The summed E-state index contributed by atoms with van der Waals surface area (Å²) in [6.45, 7) is 4.62. The standard InChI is InChI=1S/C9H16N4S/c1-9(2)5-3-4-7(6-9)13-8(14)10-11-12-13/h7H,3-6H2,1-2H3,(H,10,12,14). The Balaban J connectivity index is 2.20. The van der Waals surface area contributed by atoms with Crippen LogP contribution in [0.15, 0.2) is 0 Å². The molecule has 0 aromatic carbocycles. The van der Waals surface area contributed by atoms with Crippen molar-refractivity contribution >= 4 is 12.2 Å². The first kappa shape index (κ1) is 9.83. The van der Waals surface area contributed by atoms with Crippen molar-refractivity contribution < 1.29 is 0 Å². The van der Waals surface area contributed by atoms with E-state index in [2.05, 4.69) is 29.4 Å². The van der Waals surface area contributed by atoms with Gasteiger partial charge in [0.25, 0.3) is 0 Å². The molecule has 1 atom stereocenters. The Morgan fingerprint density at radius 1 is 1.57 bits per heavy atom. The fourth-order valence-electron chi connectivity index (χ4n) is 2.32. The predicted molar refractivity (Wildman–Crippen MR) is 56.5 cm³/mol. The van der Waals surface area contributed by atoms with E-state index in [4.69, 9.17) is 12.2 Å². The third-order valence-corrected chi connectivity index (χ3v) is 3.32. The van der Waals surface area contributed by atoms with Crippen LogP contribution in [-0.4, -0.2) is 20.2 Å². The van der Waals surface area contributed by atoms with Crippen LogP contribution < -0.4 is 0 Å². The molecule has 1 saturated carbocycles. The fourth-order valence-corrected chi connectivity index (χ4v) is 2.55. The molecule has 0 aliphatic heterocycles. The van der Waals surface area contributed by atoms with Gasteiger partial charge in [0.2, 0.25) is 4.77 Å². The number of tetrazole rings is 1. The van der Waals surface area contributed by atoms with Crippen LogP contribution in [0.25, 0.3) is 0 Å². The molecule has 0 bridgehead atoms. The highest BCUT2D eigenvalue weighted by atomic mass is 32.1. The molecular formula is C9H16N4S. The summed E-state index contributed by atoms with van der Waals surface area (Å²) in [5.41, 5.74) is 0.419. The van der Waals surface area contributed by atoms with Gasteiger partial charge in [-0.2, -0.15) is 5.21 Å². The van der Waals surface area contributed by atoms with Gasteiger partial charge in [-0.1, -0.05) is 30.6 Å². The first-order chi connectivity index (χ1) is 6.58. The van der Waals surface area contributed by atoms with Crippen LogP contribution >= 0.6 is 12.2 Å². The van der Waals surface area contributed by atoms with Gasteiger partial charge in [-0.3, -0.25) is 0 Å². The van der Waals surface area contributed by atoms with E-state index in [1.807, 2.05) is 4.68 Å². The van der Waals surface area contributed by atoms with Gasteiger partial charge in [0.05, 0.1) is 6.04 Å². The second kappa shape index (κ2) is 3.46. The maximum atomic E-state index is 5.10. The Morgan fingerprint density at radius 3 is 2.93 bits per heavy atom. The summed E-state index contributed by atoms with van der Waals surface area (Å²) >= 11 is 5.10. The van der Waals surface area contributed by atoms with E-state index in [0.717, 1.165) is 6.42 Å². The highest BCUT2D eigenvalue weighted by Crippen LogP contribution is 2.40. The van der Waals surface area contributed by atoms with Gasteiger partial charge in [-0.25, -0.2) is 4.68 Å². The third-order valence-electron chi connectivity index (χ3n) is 3.04. The van der Waals surface area contributed by atoms with E-state index in [1.54, 1.807) is 0 Å². The van der Waals surface area contributed by atoms with Crippen LogP contribution in [0.1, 0.15) is 45.6 Å². The SMILES string of the molecule is CC1(C)CCCC(n2[nH]nnc2=S)C1. The van der Waals surface area contributed by atoms with Crippen LogP contribution in [0.3, 0.4) is 0 Å². The molecule has 1 aliphatic carbocycles. The Labute approximate surface area is 88.7 Å². The van der Waals surface area contributed by atoms with Crippen LogP contribution in [-0.2, 0) is 0 Å². The topological polar surface area (TPSA) is 46.5 Å². The molecule has 0 amide bonds. The molecule has 1 aromatic rings. The molecule has 1 fully saturated rings. The Kier molecular flexibility index (Phi) is 2.43. The third kappa shape index (κ3) is 1.87. The lowest BCUT2D eigenvalue weighted by atomic mass is 9.75. The van der Waals surface area contributed by atoms with Crippen molar-refractivity contribution in [1.82, 2.24) is 20.2 Å². The summed E-state index contributed by atoms with van der Waals surface area (Å²) in [7, 11) is 0. The zero-order chi connectivity index (χ0) is 10.2. The Bertz CT molecular complexity index is 365. The minimum atomic E-state index is 0.419. The van der Waals surface area contributed by atoms with E-state index in [1.165, 1.54) is 19.3 Å². The van der Waals surface area contributed by atoms with Crippen molar-refractivity contribution in [2.24, 2.45) is 5.41 Å². The van der Waals surface area contributed by atoms with Crippen LogP contribution in [0.4, 0.5) is 0 Å². The maximum Gasteiger partial charge on any atom is 0.238 e. The Hall–Kier alpha value is -0.710. The van der Waals surface area contributed by atoms with E-state index in [-0.39, 0.29) is 0 Å². The summed E-state index contributed by atoms with van der Waals surface area (Å²) < 4.78 is 2.50. The van der Waals surface area contributed by atoms with Gasteiger partial charge < -0.3 is 0 Å². The van der Waals surface area contributed by atoms with E-state index >= 15 is 0 Å². The first-order valence-electron chi connectivity index (χ1n) is 5.08. The minimum absolute atomic E-state index is 0.419. The average Bonchev–Trinajstić information content (AvgIpc) is 2.49. The molecule has 4 nitrogen and oxygen atoms in total. The molecule has 0 saturated heterocycles. The zero-order valence-electron chi connectivity index (χ0n) is 8.66. The highest BCUT2D eigenvalue weighted by Gasteiger charge is 2.29. The van der Waals surface area contributed by atoms with Crippen LogP contribution in [0.5, 0.6) is 0 Å². The largest absolute Gasteiger partial charge is 0.239 e. The number of hydrogen-bond acceptors (Lipinski definition) is 3. The lowest BCUT2D eigenvalue weighted by Crippen LogP contribution is -2.25. The number of aromatic amines is 1. The number of hydrogen-bond donors (Lipinski definition) is 1. The van der Waals surface area contributed by atoms with Crippen molar-refractivity contribution in [2.75, 3.05) is 0 Å². The van der Waals surface area contributed by atoms with Gasteiger partial charge >= 0.3 is 0 Å². The van der Waals surface area contributed by atoms with Gasteiger partial charge in [0.1, 0.15) is 0 Å². The van der Waals surface area contributed by atoms with Crippen LogP contribution in [0, 0.1) is 10.2 Å². The molecular weight excluding hydrogens is 196 g/mol. The first-order valence-corrected chi connectivity index (χ1v) is 5.49.